The number of fused-ring (bicyclic) bond motifs is 4. The number of aryl methyl sites for hydroxylation is 1. The van der Waals surface area contributed by atoms with Gasteiger partial charge in [0.05, 0.1) is 30.0 Å². The number of nitrogens with zero attached hydrogens (tertiary/aromatic N) is 8. The Bertz CT molecular complexity index is 2890. The molecule has 11 rings (SSSR count). The number of hydrogen-bond donors (Lipinski definition) is 3. The second-order valence-electron chi connectivity index (χ2n) is 19.8. The fraction of sp³-hybridized carbons (Fsp3) is 0.453. The molecule has 17 heteroatoms. The zero-order valence-electron chi connectivity index (χ0n) is 40.2. The van der Waals surface area contributed by atoms with Crippen LogP contribution in [0.5, 0.6) is 5.88 Å². The molecule has 70 heavy (non-hydrogen) atoms. The van der Waals surface area contributed by atoms with Crippen LogP contribution in [-0.2, 0) is 35.4 Å². The lowest BCUT2D eigenvalue weighted by Gasteiger charge is -2.48. The lowest BCUT2D eigenvalue weighted by molar-refractivity contribution is -0.136. The van der Waals surface area contributed by atoms with Gasteiger partial charge in [-0.3, -0.25) is 34.3 Å². The third kappa shape index (κ3) is 8.34. The fourth-order valence-corrected chi connectivity index (χ4v) is 13.4. The second-order valence-corrected chi connectivity index (χ2v) is 20.9. The molecule has 5 aliphatic heterocycles. The maximum atomic E-state index is 14.1. The van der Waals surface area contributed by atoms with E-state index in [2.05, 4.69) is 56.3 Å². The van der Waals surface area contributed by atoms with Gasteiger partial charge in [0.15, 0.2) is 0 Å². The summed E-state index contributed by atoms with van der Waals surface area (Å²) in [5.74, 6) is 0.641. The van der Waals surface area contributed by atoms with Gasteiger partial charge < -0.3 is 29.9 Å². The Morgan fingerprint density at radius 3 is 2.41 bits per heavy atom. The summed E-state index contributed by atoms with van der Waals surface area (Å²) in [4.78, 5) is 79.0. The van der Waals surface area contributed by atoms with E-state index in [1.165, 1.54) is 28.8 Å². The van der Waals surface area contributed by atoms with Gasteiger partial charge in [-0.1, -0.05) is 0 Å². The molecule has 2 unspecified atom stereocenters. The molecule has 0 saturated carbocycles. The van der Waals surface area contributed by atoms with Crippen molar-refractivity contribution in [3.8, 4) is 17.0 Å². The van der Waals surface area contributed by atoms with Gasteiger partial charge in [-0.2, -0.15) is 0 Å². The van der Waals surface area contributed by atoms with Crippen molar-refractivity contribution in [2.75, 3.05) is 59.9 Å². The highest BCUT2D eigenvalue weighted by atomic mass is 32.1. The number of aliphatic hydroxyl groups excluding tert-OH is 1. The van der Waals surface area contributed by atoms with Crippen LogP contribution in [0.4, 0.5) is 28.7 Å². The van der Waals surface area contributed by atoms with E-state index in [1.807, 2.05) is 36.5 Å². The molecule has 0 bridgehead atoms. The minimum absolute atomic E-state index is 0.0438. The number of carbonyl (C=O) groups is 4. The molecule has 1 aliphatic carbocycles. The molecule has 364 valence electrons. The van der Waals surface area contributed by atoms with E-state index in [4.69, 9.17) is 14.7 Å². The first-order valence-electron chi connectivity index (χ1n) is 24.9. The average molecular weight is 965 g/mol. The first kappa shape index (κ1) is 46.0. The van der Waals surface area contributed by atoms with E-state index in [1.54, 1.807) is 47.6 Å². The number of aliphatic hydroxyl groups is 1. The maximum Gasteiger partial charge on any atom is 0.269 e. The second kappa shape index (κ2) is 18.7. The molecule has 1 aromatic carbocycles. The Morgan fingerprint density at radius 2 is 1.64 bits per heavy atom. The number of amides is 4. The SMILES string of the molecule is COc1ncc(-c2ccnc(N3CCc4c(sc5c4CCCC5)C3=O)c2C(C)O)cc1Nc1ccc(N2CCN(C3CCN(c4ccc5c(c4)CN([C@H]4CCC(=O)NC4=O)C5=O)[C@@H](C)C3)C[C@@H]2C)cn1. The fourth-order valence-electron chi connectivity index (χ4n) is 12.0. The van der Waals surface area contributed by atoms with Crippen LogP contribution in [0, 0.1) is 0 Å². The molecule has 4 aromatic heterocycles. The molecule has 3 N–H and O–H groups in total. The Balaban J connectivity index is 0.728. The first-order chi connectivity index (χ1) is 33.9. The monoisotopic (exact) mass is 964 g/mol. The zero-order chi connectivity index (χ0) is 48.4. The molecule has 3 saturated heterocycles. The summed E-state index contributed by atoms with van der Waals surface area (Å²) >= 11 is 1.64. The van der Waals surface area contributed by atoms with Crippen molar-refractivity contribution in [3.63, 3.8) is 0 Å². The lowest BCUT2D eigenvalue weighted by atomic mass is 9.91. The Morgan fingerprint density at radius 1 is 0.814 bits per heavy atom. The molecule has 4 amide bonds. The number of pyridine rings is 3. The molecule has 0 radical (unpaired) electrons. The van der Waals surface area contributed by atoms with Crippen LogP contribution in [-0.4, -0.2) is 117 Å². The number of carbonyl (C=O) groups excluding carboxylic acids is 4. The molecule has 5 atom stereocenters. The van der Waals surface area contributed by atoms with Crippen molar-refractivity contribution >= 4 is 63.7 Å². The third-order valence-corrected chi connectivity index (χ3v) is 16.8. The number of ether oxygens (including phenoxy) is 1. The quantitative estimate of drug-likeness (QED) is 0.125. The summed E-state index contributed by atoms with van der Waals surface area (Å²) in [6.07, 6.45) is 12.3. The summed E-state index contributed by atoms with van der Waals surface area (Å²) in [5, 5.41) is 17.1. The number of thiophene rings is 1. The normalized spacial score (nSPS) is 23.2. The van der Waals surface area contributed by atoms with E-state index in [9.17, 15) is 24.3 Å². The molecular formula is C53H60N10O6S. The number of imide groups is 1. The predicted molar refractivity (Wildman–Crippen MR) is 269 cm³/mol. The Labute approximate surface area is 412 Å². The number of methoxy groups -OCH3 is 1. The highest BCUT2D eigenvalue weighted by molar-refractivity contribution is 7.14. The molecule has 9 heterocycles. The van der Waals surface area contributed by atoms with Gasteiger partial charge in [0.2, 0.25) is 17.7 Å². The van der Waals surface area contributed by atoms with Crippen LogP contribution in [0.25, 0.3) is 11.1 Å². The van der Waals surface area contributed by atoms with Gasteiger partial charge >= 0.3 is 0 Å². The number of nitrogens with one attached hydrogen (secondary N) is 2. The van der Waals surface area contributed by atoms with Crippen LogP contribution in [0.15, 0.2) is 61.1 Å². The van der Waals surface area contributed by atoms with Crippen molar-refractivity contribution in [1.29, 1.82) is 0 Å². The molecule has 3 fully saturated rings. The minimum Gasteiger partial charge on any atom is -0.480 e. The van der Waals surface area contributed by atoms with Gasteiger partial charge in [-0.25, -0.2) is 15.0 Å². The van der Waals surface area contributed by atoms with Gasteiger partial charge in [-0.05, 0) is 137 Å². The summed E-state index contributed by atoms with van der Waals surface area (Å²) in [7, 11) is 1.58. The molecule has 0 spiro atoms. The number of piperidine rings is 2. The minimum atomic E-state index is -0.904. The molecule has 6 aliphatic rings. The number of piperazine rings is 1. The van der Waals surface area contributed by atoms with Crippen molar-refractivity contribution in [1.82, 2.24) is 30.1 Å². The average Bonchev–Trinajstić information content (AvgIpc) is 3.91. The summed E-state index contributed by atoms with van der Waals surface area (Å²) in [6.45, 7) is 10.8. The smallest absolute Gasteiger partial charge is 0.269 e. The predicted octanol–water partition coefficient (Wildman–Crippen LogP) is 6.82. The lowest BCUT2D eigenvalue weighted by Crippen LogP contribution is -2.58. The van der Waals surface area contributed by atoms with E-state index in [-0.39, 0.29) is 30.2 Å². The topological polar surface area (TPSA) is 177 Å². The number of hydrogen-bond acceptors (Lipinski definition) is 14. The summed E-state index contributed by atoms with van der Waals surface area (Å²) in [6, 6.07) is 14.4. The highest BCUT2D eigenvalue weighted by Gasteiger charge is 2.41. The third-order valence-electron chi connectivity index (χ3n) is 15.5. The largest absolute Gasteiger partial charge is 0.480 e. The Kier molecular flexibility index (Phi) is 12.3. The van der Waals surface area contributed by atoms with Gasteiger partial charge in [-0.15, -0.1) is 11.3 Å². The maximum absolute atomic E-state index is 14.1. The summed E-state index contributed by atoms with van der Waals surface area (Å²) in [5.41, 5.74) is 8.99. The number of benzene rings is 1. The van der Waals surface area contributed by atoms with E-state index >= 15 is 0 Å². The van der Waals surface area contributed by atoms with Crippen molar-refractivity contribution in [3.05, 3.63) is 98.6 Å². The van der Waals surface area contributed by atoms with Crippen LogP contribution < -0.4 is 30.1 Å². The standard InChI is InChI=1S/C53H60N10O6S/c1-30-23-35(16-19-60(30)36-9-11-39-34(24-36)29-63(52(39)67)43-12-14-46(65)58-50(43)66)59-21-22-61(31(2)28-59)37-10-13-45(55-27-37)57-42-25-33(26-56-51(42)69-4)38-15-18-54-49(47(38)32(3)64)62-20-17-41-40-7-5-6-8-44(40)70-48(41)53(62)68/h9-11,13,15,18,24-27,30-32,35,43,64H,5-8,12,14,16-17,19-23,28-29H2,1-4H3,(H,55,57)(H,58,65,66)/t30-,31-,32?,35?,43-/m0/s1. The van der Waals surface area contributed by atoms with Gasteiger partial charge in [0, 0.05) is 103 Å². The Hall–Kier alpha value is -6.43. The zero-order valence-corrected chi connectivity index (χ0v) is 41.1. The van der Waals surface area contributed by atoms with Crippen LogP contribution in [0.3, 0.4) is 0 Å². The summed E-state index contributed by atoms with van der Waals surface area (Å²) < 4.78 is 5.70. The van der Waals surface area contributed by atoms with Crippen molar-refractivity contribution in [2.45, 2.75) is 115 Å². The van der Waals surface area contributed by atoms with Crippen molar-refractivity contribution in [2.24, 2.45) is 0 Å². The van der Waals surface area contributed by atoms with Gasteiger partial charge in [0.1, 0.15) is 23.4 Å². The number of rotatable bonds is 10. The number of aromatic nitrogens is 3. The van der Waals surface area contributed by atoms with Crippen LogP contribution in [0.2, 0.25) is 0 Å². The molecule has 5 aromatic rings. The van der Waals surface area contributed by atoms with Crippen LogP contribution in [0.1, 0.15) is 113 Å². The van der Waals surface area contributed by atoms with E-state index in [0.29, 0.717) is 65.9 Å². The van der Waals surface area contributed by atoms with Crippen molar-refractivity contribution < 1.29 is 29.0 Å². The number of anilines is 5. The van der Waals surface area contributed by atoms with E-state index in [0.717, 1.165) is 91.2 Å². The highest BCUT2D eigenvalue weighted by Crippen LogP contribution is 2.42. The first-order valence-corrected chi connectivity index (χ1v) is 25.7. The molecular weight excluding hydrogens is 905 g/mol. The van der Waals surface area contributed by atoms with E-state index < -0.39 is 18.1 Å². The molecule has 16 nitrogen and oxygen atoms in total. The van der Waals surface area contributed by atoms with Gasteiger partial charge in [0.25, 0.3) is 11.8 Å². The van der Waals surface area contributed by atoms with Crippen LogP contribution >= 0.6 is 11.3 Å².